The summed E-state index contributed by atoms with van der Waals surface area (Å²) in [6.45, 7) is 17.5. The normalized spacial score (nSPS) is 23.0. The molecule has 0 N–H and O–H groups in total. The molecule has 3 fully saturated rings. The lowest BCUT2D eigenvalue weighted by atomic mass is 10.2. The molecule has 0 aromatic carbocycles. The van der Waals surface area contributed by atoms with Crippen LogP contribution in [0.15, 0.2) is 0 Å². The average molecular weight is 593 g/mol. The van der Waals surface area contributed by atoms with Crippen molar-refractivity contribution in [2.45, 2.75) is 26.2 Å². The van der Waals surface area contributed by atoms with Gasteiger partial charge in [-0.15, -0.1) is 22.7 Å². The summed E-state index contributed by atoms with van der Waals surface area (Å²) in [5, 5.41) is 0. The van der Waals surface area contributed by atoms with Crippen LogP contribution in [0.4, 0.5) is 0 Å². The molecule has 2 aromatic rings. The van der Waals surface area contributed by atoms with Crippen molar-refractivity contribution in [3.05, 3.63) is 19.5 Å². The number of piperazine rings is 1. The van der Waals surface area contributed by atoms with Gasteiger partial charge in [-0.3, -0.25) is 19.6 Å². The first kappa shape index (κ1) is 27.2. The number of fused-ring (bicyclic) bond motifs is 2. The van der Waals surface area contributed by atoms with E-state index in [1.165, 1.54) is 19.5 Å². The molecule has 0 aliphatic carbocycles. The standard InChI is InChI=1S/C28H40N4O6S2/c1-2-30(18-22-26-28(38-16-14-36-26)24(40-22)20-32-7-11-34-12-8-32)4-3-29(1)17-21-25-27(37-15-13-35-25)23(39-21)19-31-5-9-33-10-6-31/h1-20H2. The fourth-order valence-corrected chi connectivity index (χ4v) is 8.56. The molecule has 0 bridgehead atoms. The van der Waals surface area contributed by atoms with E-state index in [4.69, 9.17) is 28.4 Å². The van der Waals surface area contributed by atoms with E-state index in [0.717, 1.165) is 128 Å². The molecule has 0 amide bonds. The molecule has 7 rings (SSSR count). The summed E-state index contributed by atoms with van der Waals surface area (Å²) in [5.41, 5.74) is 0. The molecule has 0 atom stereocenters. The largest absolute Gasteiger partial charge is 0.485 e. The number of ether oxygens (including phenoxy) is 6. The molecule has 7 heterocycles. The summed E-state index contributed by atoms with van der Waals surface area (Å²) in [7, 11) is 0. The van der Waals surface area contributed by atoms with Crippen LogP contribution in [0.1, 0.15) is 19.5 Å². The minimum atomic E-state index is 0.631. The maximum Gasteiger partial charge on any atom is 0.176 e. The summed E-state index contributed by atoms with van der Waals surface area (Å²) in [6, 6.07) is 0. The molecule has 10 nitrogen and oxygen atoms in total. The van der Waals surface area contributed by atoms with Crippen LogP contribution in [0.5, 0.6) is 23.0 Å². The van der Waals surface area contributed by atoms with E-state index in [1.807, 2.05) is 22.7 Å². The molecule has 0 radical (unpaired) electrons. The zero-order valence-electron chi connectivity index (χ0n) is 23.2. The predicted octanol–water partition coefficient (Wildman–Crippen LogP) is 2.33. The van der Waals surface area contributed by atoms with Gasteiger partial charge in [-0.25, -0.2) is 0 Å². The Bertz CT molecular complexity index is 1050. The zero-order chi connectivity index (χ0) is 26.7. The molecule has 0 saturated carbocycles. The number of rotatable bonds is 8. The van der Waals surface area contributed by atoms with Crippen molar-refractivity contribution >= 4 is 22.7 Å². The third-order valence-corrected chi connectivity index (χ3v) is 10.5. The van der Waals surface area contributed by atoms with Crippen LogP contribution in [0, 0.1) is 0 Å². The van der Waals surface area contributed by atoms with E-state index in [1.54, 1.807) is 0 Å². The van der Waals surface area contributed by atoms with Gasteiger partial charge in [0, 0.05) is 78.5 Å². The predicted molar refractivity (Wildman–Crippen MR) is 153 cm³/mol. The summed E-state index contributed by atoms with van der Waals surface area (Å²) in [5.74, 6) is 3.93. The molecule has 0 spiro atoms. The van der Waals surface area contributed by atoms with Crippen LogP contribution in [0.2, 0.25) is 0 Å². The number of thiophene rings is 2. The average Bonchev–Trinajstić information content (AvgIpc) is 3.53. The van der Waals surface area contributed by atoms with E-state index in [-0.39, 0.29) is 0 Å². The highest BCUT2D eigenvalue weighted by Gasteiger charge is 2.30. The number of hydrogen-bond acceptors (Lipinski definition) is 12. The lowest BCUT2D eigenvalue weighted by Gasteiger charge is -2.34. The van der Waals surface area contributed by atoms with Crippen molar-refractivity contribution in [2.24, 2.45) is 0 Å². The second-order valence-electron chi connectivity index (χ2n) is 10.9. The smallest absolute Gasteiger partial charge is 0.176 e. The highest BCUT2D eigenvalue weighted by Crippen LogP contribution is 2.46. The SMILES string of the molecule is C1CN(Cc2sc(CN3CCN(Cc4sc(CN5CCOCC5)c5c4OCCO5)CC3)c3c2OCCO3)CCO1. The summed E-state index contributed by atoms with van der Waals surface area (Å²) < 4.78 is 35.6. The maximum atomic E-state index is 6.15. The molecule has 0 unspecified atom stereocenters. The van der Waals surface area contributed by atoms with Crippen LogP contribution >= 0.6 is 22.7 Å². The monoisotopic (exact) mass is 592 g/mol. The molecule has 12 heteroatoms. The van der Waals surface area contributed by atoms with Crippen LogP contribution in [-0.4, -0.2) is 125 Å². The van der Waals surface area contributed by atoms with Crippen molar-refractivity contribution < 1.29 is 28.4 Å². The van der Waals surface area contributed by atoms with Gasteiger partial charge >= 0.3 is 0 Å². The van der Waals surface area contributed by atoms with Gasteiger partial charge in [-0.05, 0) is 0 Å². The topological polar surface area (TPSA) is 68.3 Å². The van der Waals surface area contributed by atoms with Crippen LogP contribution in [-0.2, 0) is 35.7 Å². The second-order valence-corrected chi connectivity index (χ2v) is 13.3. The van der Waals surface area contributed by atoms with Gasteiger partial charge in [-0.1, -0.05) is 0 Å². The fourth-order valence-electron chi connectivity index (χ4n) is 6.00. The van der Waals surface area contributed by atoms with Gasteiger partial charge in [-0.2, -0.15) is 0 Å². The Morgan fingerprint density at radius 2 is 0.650 bits per heavy atom. The summed E-state index contributed by atoms with van der Waals surface area (Å²) in [6.07, 6.45) is 0. The van der Waals surface area contributed by atoms with Gasteiger partial charge in [0.05, 0.1) is 45.9 Å². The Morgan fingerprint density at radius 1 is 0.375 bits per heavy atom. The third-order valence-electron chi connectivity index (χ3n) is 8.21. The van der Waals surface area contributed by atoms with E-state index in [9.17, 15) is 0 Å². The lowest BCUT2D eigenvalue weighted by Crippen LogP contribution is -2.45. The highest BCUT2D eigenvalue weighted by atomic mass is 32.1. The van der Waals surface area contributed by atoms with Crippen LogP contribution in [0.3, 0.4) is 0 Å². The minimum absolute atomic E-state index is 0.631. The van der Waals surface area contributed by atoms with E-state index >= 15 is 0 Å². The van der Waals surface area contributed by atoms with E-state index in [2.05, 4.69) is 19.6 Å². The highest BCUT2D eigenvalue weighted by molar-refractivity contribution is 7.13. The summed E-state index contributed by atoms with van der Waals surface area (Å²) >= 11 is 3.74. The fraction of sp³-hybridized carbons (Fsp3) is 0.714. The van der Waals surface area contributed by atoms with Gasteiger partial charge in [0.2, 0.25) is 0 Å². The number of morpholine rings is 2. The lowest BCUT2D eigenvalue weighted by molar-refractivity contribution is 0.0340. The first-order valence-electron chi connectivity index (χ1n) is 14.7. The van der Waals surface area contributed by atoms with E-state index in [0.29, 0.717) is 26.4 Å². The van der Waals surface area contributed by atoms with Crippen molar-refractivity contribution in [1.29, 1.82) is 0 Å². The molecule has 3 saturated heterocycles. The van der Waals surface area contributed by atoms with Crippen LogP contribution < -0.4 is 18.9 Å². The van der Waals surface area contributed by atoms with Crippen LogP contribution in [0.25, 0.3) is 0 Å². The Labute approximate surface area is 244 Å². The Kier molecular flexibility index (Phi) is 8.64. The van der Waals surface area contributed by atoms with Gasteiger partial charge in [0.15, 0.2) is 23.0 Å². The first-order chi connectivity index (χ1) is 19.8. The first-order valence-corrected chi connectivity index (χ1v) is 16.3. The molecule has 220 valence electrons. The Morgan fingerprint density at radius 3 is 0.950 bits per heavy atom. The minimum Gasteiger partial charge on any atom is -0.485 e. The van der Waals surface area contributed by atoms with Crippen molar-refractivity contribution in [2.75, 3.05) is 105 Å². The number of hydrogen-bond donors (Lipinski definition) is 0. The maximum absolute atomic E-state index is 6.15. The zero-order valence-corrected chi connectivity index (χ0v) is 24.8. The van der Waals surface area contributed by atoms with Crippen molar-refractivity contribution in [1.82, 2.24) is 19.6 Å². The number of nitrogens with zero attached hydrogens (tertiary/aromatic N) is 4. The van der Waals surface area contributed by atoms with Gasteiger partial charge < -0.3 is 28.4 Å². The third kappa shape index (κ3) is 6.10. The van der Waals surface area contributed by atoms with Crippen molar-refractivity contribution in [3.63, 3.8) is 0 Å². The van der Waals surface area contributed by atoms with Gasteiger partial charge in [0.1, 0.15) is 26.4 Å². The molecular weight excluding hydrogens is 552 g/mol. The molecule has 5 aliphatic heterocycles. The Hall–Kier alpha value is -1.64. The molecule has 5 aliphatic rings. The quantitative estimate of drug-likeness (QED) is 0.456. The van der Waals surface area contributed by atoms with E-state index < -0.39 is 0 Å². The molecular formula is C28H40N4O6S2. The molecule has 40 heavy (non-hydrogen) atoms. The van der Waals surface area contributed by atoms with Crippen molar-refractivity contribution in [3.8, 4) is 23.0 Å². The Balaban J connectivity index is 0.972. The summed E-state index contributed by atoms with van der Waals surface area (Å²) in [4.78, 5) is 15.2. The van der Waals surface area contributed by atoms with Gasteiger partial charge in [0.25, 0.3) is 0 Å². The second kappa shape index (κ2) is 12.7. The molecule has 2 aromatic heterocycles.